The number of fused-ring (bicyclic) bond motifs is 3. The van der Waals surface area contributed by atoms with Gasteiger partial charge in [0.05, 0.1) is 18.3 Å². The van der Waals surface area contributed by atoms with Crippen LogP contribution in [0, 0.1) is 0 Å². The van der Waals surface area contributed by atoms with Crippen molar-refractivity contribution in [3.05, 3.63) is 36.4 Å². The molecule has 3 aromatic rings. The van der Waals surface area contributed by atoms with Crippen LogP contribution in [0.2, 0.25) is 0 Å². The normalized spacial score (nSPS) is 19.1. The Kier molecular flexibility index (Phi) is 2.60. The molecule has 0 fully saturated rings. The number of pyridine rings is 1. The van der Waals surface area contributed by atoms with E-state index in [1.54, 1.807) is 0 Å². The molecule has 1 aliphatic carbocycles. The zero-order valence-corrected chi connectivity index (χ0v) is 11.2. The lowest BCUT2D eigenvalue weighted by Gasteiger charge is -2.22. The van der Waals surface area contributed by atoms with Gasteiger partial charge in [-0.3, -0.25) is 0 Å². The summed E-state index contributed by atoms with van der Waals surface area (Å²) in [5, 5.41) is 1.13. The first-order valence-corrected chi connectivity index (χ1v) is 7.06. The van der Waals surface area contributed by atoms with E-state index in [4.69, 9.17) is 5.73 Å². The van der Waals surface area contributed by atoms with Crippen LogP contribution in [0.25, 0.3) is 22.1 Å². The van der Waals surface area contributed by atoms with Crippen molar-refractivity contribution in [3.8, 4) is 0 Å². The molecule has 5 nitrogen and oxygen atoms in total. The van der Waals surface area contributed by atoms with Crippen molar-refractivity contribution in [1.29, 1.82) is 0 Å². The molecule has 1 atom stereocenters. The molecule has 3 N–H and O–H groups in total. The van der Waals surface area contributed by atoms with Crippen LogP contribution in [-0.4, -0.2) is 19.5 Å². The Morgan fingerprint density at radius 1 is 1.40 bits per heavy atom. The molecule has 0 spiro atoms. The van der Waals surface area contributed by atoms with Gasteiger partial charge in [-0.2, -0.15) is 0 Å². The standard InChI is InChI=1S/C15H17N5/c16-8-13-19-12-9-18-15-11(6-7-17-15)14(12)20(13)10-4-2-1-3-5-10/h1-2,6-7,9-10H,3-5,8,16H2,(H,17,18). The maximum atomic E-state index is 5.91. The zero-order valence-electron chi connectivity index (χ0n) is 11.2. The number of nitrogens with one attached hydrogen (secondary N) is 1. The van der Waals surface area contributed by atoms with Crippen LogP contribution < -0.4 is 5.73 Å². The van der Waals surface area contributed by atoms with Gasteiger partial charge in [-0.15, -0.1) is 0 Å². The van der Waals surface area contributed by atoms with Crippen molar-refractivity contribution in [3.63, 3.8) is 0 Å². The third-order valence-electron chi connectivity index (χ3n) is 4.10. The molecular weight excluding hydrogens is 250 g/mol. The molecule has 102 valence electrons. The molecule has 1 aliphatic rings. The molecule has 0 aromatic carbocycles. The van der Waals surface area contributed by atoms with E-state index in [2.05, 4.69) is 37.7 Å². The van der Waals surface area contributed by atoms with Crippen LogP contribution in [0.5, 0.6) is 0 Å². The third-order valence-corrected chi connectivity index (χ3v) is 4.10. The first-order chi connectivity index (χ1) is 9.88. The molecular formula is C15H17N5. The lowest BCUT2D eigenvalue weighted by molar-refractivity contribution is 0.457. The van der Waals surface area contributed by atoms with Crippen LogP contribution in [0.4, 0.5) is 0 Å². The van der Waals surface area contributed by atoms with Crippen molar-refractivity contribution in [2.75, 3.05) is 0 Å². The van der Waals surface area contributed by atoms with E-state index in [-0.39, 0.29) is 0 Å². The van der Waals surface area contributed by atoms with E-state index in [1.807, 2.05) is 12.4 Å². The molecule has 1 unspecified atom stereocenters. The van der Waals surface area contributed by atoms with Gasteiger partial charge in [0.25, 0.3) is 0 Å². The number of nitrogens with two attached hydrogens (primary N) is 1. The maximum Gasteiger partial charge on any atom is 0.139 e. The van der Waals surface area contributed by atoms with Gasteiger partial charge >= 0.3 is 0 Å². The number of aromatic amines is 1. The molecule has 3 aromatic heterocycles. The summed E-state index contributed by atoms with van der Waals surface area (Å²) >= 11 is 0. The number of aromatic nitrogens is 4. The molecule has 0 saturated carbocycles. The first kappa shape index (κ1) is 11.7. The van der Waals surface area contributed by atoms with E-state index >= 15 is 0 Å². The fourth-order valence-corrected chi connectivity index (χ4v) is 3.19. The van der Waals surface area contributed by atoms with Gasteiger partial charge in [0.15, 0.2) is 0 Å². The van der Waals surface area contributed by atoms with Gasteiger partial charge in [-0.1, -0.05) is 12.2 Å². The molecule has 0 radical (unpaired) electrons. The predicted molar refractivity (Wildman–Crippen MR) is 79.3 cm³/mol. The Labute approximate surface area is 116 Å². The molecule has 4 rings (SSSR count). The minimum absolute atomic E-state index is 0.448. The Hall–Kier alpha value is -2.14. The average Bonchev–Trinajstić information content (AvgIpc) is 3.11. The number of imidazole rings is 1. The van der Waals surface area contributed by atoms with Crippen LogP contribution in [-0.2, 0) is 6.54 Å². The van der Waals surface area contributed by atoms with E-state index < -0.39 is 0 Å². The van der Waals surface area contributed by atoms with E-state index in [1.165, 1.54) is 0 Å². The summed E-state index contributed by atoms with van der Waals surface area (Å²) in [6.45, 7) is 0.459. The highest BCUT2D eigenvalue weighted by Crippen LogP contribution is 2.32. The SMILES string of the molecule is NCc1nc2cnc3[nH]ccc3c2n1C1CC=CCC1. The zero-order chi connectivity index (χ0) is 13.5. The van der Waals surface area contributed by atoms with Crippen molar-refractivity contribution < 1.29 is 0 Å². The Bertz CT molecular complexity index is 795. The van der Waals surface area contributed by atoms with Crippen LogP contribution in [0.15, 0.2) is 30.6 Å². The molecule has 0 aliphatic heterocycles. The fraction of sp³-hybridized carbons (Fsp3) is 0.333. The molecule has 5 heteroatoms. The summed E-state index contributed by atoms with van der Waals surface area (Å²) in [6.07, 6.45) is 11.6. The summed E-state index contributed by atoms with van der Waals surface area (Å²) < 4.78 is 2.33. The number of hydrogen-bond acceptors (Lipinski definition) is 3. The minimum atomic E-state index is 0.448. The monoisotopic (exact) mass is 267 g/mol. The number of nitrogens with zero attached hydrogens (tertiary/aromatic N) is 3. The summed E-state index contributed by atoms with van der Waals surface area (Å²) in [6, 6.07) is 2.52. The fourth-order valence-electron chi connectivity index (χ4n) is 3.19. The van der Waals surface area contributed by atoms with Gasteiger partial charge in [0, 0.05) is 17.6 Å². The van der Waals surface area contributed by atoms with Crippen molar-refractivity contribution in [2.45, 2.75) is 31.8 Å². The van der Waals surface area contributed by atoms with Crippen LogP contribution in [0.1, 0.15) is 31.1 Å². The number of rotatable bonds is 2. The Morgan fingerprint density at radius 3 is 3.15 bits per heavy atom. The third kappa shape index (κ3) is 1.59. The van der Waals surface area contributed by atoms with Gasteiger partial charge in [0.2, 0.25) is 0 Å². The quantitative estimate of drug-likeness (QED) is 0.701. The van der Waals surface area contributed by atoms with E-state index in [0.717, 1.165) is 47.2 Å². The van der Waals surface area contributed by atoms with Gasteiger partial charge < -0.3 is 15.3 Å². The Morgan fingerprint density at radius 2 is 2.35 bits per heavy atom. The van der Waals surface area contributed by atoms with Gasteiger partial charge in [-0.25, -0.2) is 9.97 Å². The topological polar surface area (TPSA) is 72.5 Å². The van der Waals surface area contributed by atoms with Crippen molar-refractivity contribution >= 4 is 22.1 Å². The second-order valence-corrected chi connectivity index (χ2v) is 5.27. The summed E-state index contributed by atoms with van der Waals surface area (Å²) in [7, 11) is 0. The highest BCUT2D eigenvalue weighted by atomic mass is 15.1. The number of H-pyrrole nitrogens is 1. The van der Waals surface area contributed by atoms with Gasteiger partial charge in [0.1, 0.15) is 17.0 Å². The largest absolute Gasteiger partial charge is 0.346 e. The summed E-state index contributed by atoms with van der Waals surface area (Å²) in [5.41, 5.74) is 8.92. The number of allylic oxidation sites excluding steroid dienone is 2. The summed E-state index contributed by atoms with van der Waals surface area (Å²) in [5.74, 6) is 0.954. The van der Waals surface area contributed by atoms with Crippen molar-refractivity contribution in [1.82, 2.24) is 19.5 Å². The van der Waals surface area contributed by atoms with Crippen LogP contribution >= 0.6 is 0 Å². The van der Waals surface area contributed by atoms with Gasteiger partial charge in [-0.05, 0) is 25.3 Å². The lowest BCUT2D eigenvalue weighted by atomic mass is 10.0. The van der Waals surface area contributed by atoms with E-state index in [0.29, 0.717) is 12.6 Å². The second-order valence-electron chi connectivity index (χ2n) is 5.27. The molecule has 3 heterocycles. The lowest BCUT2D eigenvalue weighted by Crippen LogP contribution is -2.16. The molecule has 0 amide bonds. The molecule has 0 saturated heterocycles. The predicted octanol–water partition coefficient (Wildman–Crippen LogP) is 2.65. The summed E-state index contributed by atoms with van der Waals surface area (Å²) in [4.78, 5) is 12.3. The highest BCUT2D eigenvalue weighted by Gasteiger charge is 2.21. The number of hydrogen-bond donors (Lipinski definition) is 2. The highest BCUT2D eigenvalue weighted by molar-refractivity contribution is 6.01. The second kappa shape index (κ2) is 4.45. The van der Waals surface area contributed by atoms with E-state index in [9.17, 15) is 0 Å². The Balaban J connectivity index is 2.04. The first-order valence-electron chi connectivity index (χ1n) is 7.06. The average molecular weight is 267 g/mol. The van der Waals surface area contributed by atoms with Crippen molar-refractivity contribution in [2.24, 2.45) is 5.73 Å². The maximum absolute atomic E-state index is 5.91. The molecule has 20 heavy (non-hydrogen) atoms. The minimum Gasteiger partial charge on any atom is -0.346 e. The molecule has 0 bridgehead atoms. The van der Waals surface area contributed by atoms with Crippen LogP contribution in [0.3, 0.4) is 0 Å². The smallest absolute Gasteiger partial charge is 0.139 e.